The highest BCUT2D eigenvalue weighted by atomic mass is 32.1. The van der Waals surface area contributed by atoms with Crippen molar-refractivity contribution in [1.82, 2.24) is 9.88 Å². The molecule has 0 bridgehead atoms. The van der Waals surface area contributed by atoms with Crippen LogP contribution in [0, 0.1) is 5.82 Å². The van der Waals surface area contributed by atoms with Crippen LogP contribution in [0.5, 0.6) is 0 Å². The Morgan fingerprint density at radius 3 is 2.90 bits per heavy atom. The molecular weight excluding hydrogens is 395 g/mol. The van der Waals surface area contributed by atoms with E-state index in [4.69, 9.17) is 4.74 Å². The Morgan fingerprint density at radius 2 is 2.14 bits per heavy atom. The Kier molecular flexibility index (Phi) is 5.62. The highest BCUT2D eigenvalue weighted by Crippen LogP contribution is 2.34. The van der Waals surface area contributed by atoms with Gasteiger partial charge in [0.1, 0.15) is 5.82 Å². The van der Waals surface area contributed by atoms with Crippen molar-refractivity contribution in [3.63, 3.8) is 0 Å². The molecule has 9 heteroatoms. The van der Waals surface area contributed by atoms with Gasteiger partial charge in [-0.1, -0.05) is 6.07 Å². The minimum atomic E-state index is -0.673. The number of amides is 2. The Hall–Kier alpha value is -2.36. The van der Waals surface area contributed by atoms with E-state index in [1.54, 1.807) is 6.07 Å². The number of ether oxygens (including phenoxy) is 1. The molecule has 0 spiro atoms. The maximum atomic E-state index is 13.5. The second-order valence-corrected chi connectivity index (χ2v) is 8.48. The van der Waals surface area contributed by atoms with Crippen LogP contribution in [0.25, 0.3) is 0 Å². The zero-order valence-corrected chi connectivity index (χ0v) is 17.1. The largest absolute Gasteiger partial charge is 0.373 e. The first-order valence-corrected chi connectivity index (χ1v) is 10.5. The number of benzene rings is 1. The standard InChI is InChI=1S/C20H23FN4O3S/c1-11-7-25(8-12(2)28-11)9-14-10-29-20(22-14)24-19(27)16-6-18(26)23-17-5-13(21)3-4-15(16)17/h3-5,10-12,16H,6-9H2,1-2H3,(H,23,26)(H,22,24,27)/t11-,12+,16-/m1/s1. The molecule has 1 fully saturated rings. The van der Waals surface area contributed by atoms with Gasteiger partial charge in [-0.25, -0.2) is 9.37 Å². The van der Waals surface area contributed by atoms with Crippen LogP contribution in [-0.4, -0.2) is 47.0 Å². The lowest BCUT2D eigenvalue weighted by atomic mass is 9.90. The maximum Gasteiger partial charge on any atom is 0.234 e. The molecule has 0 saturated carbocycles. The Morgan fingerprint density at radius 1 is 1.38 bits per heavy atom. The van der Waals surface area contributed by atoms with Gasteiger partial charge in [-0.15, -0.1) is 11.3 Å². The zero-order chi connectivity index (χ0) is 20.5. The van der Waals surface area contributed by atoms with Crippen molar-refractivity contribution < 1.29 is 18.7 Å². The fourth-order valence-electron chi connectivity index (χ4n) is 3.94. The second kappa shape index (κ2) is 8.17. The minimum Gasteiger partial charge on any atom is -0.373 e. The molecule has 2 N–H and O–H groups in total. The van der Waals surface area contributed by atoms with Gasteiger partial charge in [-0.3, -0.25) is 14.5 Å². The lowest BCUT2D eigenvalue weighted by Crippen LogP contribution is -2.44. The van der Waals surface area contributed by atoms with Gasteiger partial charge in [0.15, 0.2) is 5.13 Å². The molecule has 0 aliphatic carbocycles. The highest BCUT2D eigenvalue weighted by Gasteiger charge is 2.31. The second-order valence-electron chi connectivity index (χ2n) is 7.62. The molecular formula is C20H23FN4O3S. The van der Waals surface area contributed by atoms with E-state index in [-0.39, 0.29) is 30.4 Å². The van der Waals surface area contributed by atoms with E-state index < -0.39 is 11.7 Å². The third-order valence-corrected chi connectivity index (χ3v) is 5.84. The van der Waals surface area contributed by atoms with Crippen molar-refractivity contribution >= 4 is 34.0 Å². The summed E-state index contributed by atoms with van der Waals surface area (Å²) >= 11 is 1.36. The van der Waals surface area contributed by atoms with Crippen molar-refractivity contribution in [3.8, 4) is 0 Å². The molecule has 7 nitrogen and oxygen atoms in total. The molecule has 3 atom stereocenters. The summed E-state index contributed by atoms with van der Waals surface area (Å²) in [6.45, 7) is 6.49. The number of nitrogens with zero attached hydrogens (tertiary/aromatic N) is 2. The topological polar surface area (TPSA) is 83.6 Å². The minimum absolute atomic E-state index is 0.0201. The van der Waals surface area contributed by atoms with Crippen LogP contribution >= 0.6 is 11.3 Å². The van der Waals surface area contributed by atoms with Crippen LogP contribution < -0.4 is 10.6 Å². The van der Waals surface area contributed by atoms with Crippen LogP contribution in [0.3, 0.4) is 0 Å². The number of halogens is 1. The summed E-state index contributed by atoms with van der Waals surface area (Å²) in [5.74, 6) is -1.75. The molecule has 2 amide bonds. The van der Waals surface area contributed by atoms with Gasteiger partial charge < -0.3 is 15.4 Å². The SMILES string of the molecule is C[C@@H]1CN(Cc2csc(NC(=O)[C@@H]3CC(=O)Nc4cc(F)ccc43)n2)C[C@H](C)O1. The average molecular weight is 418 g/mol. The van der Waals surface area contributed by atoms with Crippen molar-refractivity contribution in [1.29, 1.82) is 0 Å². The summed E-state index contributed by atoms with van der Waals surface area (Å²) in [5.41, 5.74) is 1.84. The van der Waals surface area contributed by atoms with E-state index in [0.717, 1.165) is 18.8 Å². The molecule has 2 aliphatic rings. The van der Waals surface area contributed by atoms with Crippen LogP contribution in [0.2, 0.25) is 0 Å². The zero-order valence-electron chi connectivity index (χ0n) is 16.3. The molecule has 3 heterocycles. The van der Waals surface area contributed by atoms with Crippen LogP contribution in [0.1, 0.15) is 37.4 Å². The summed E-state index contributed by atoms with van der Waals surface area (Å²) in [7, 11) is 0. The lowest BCUT2D eigenvalue weighted by molar-refractivity contribution is -0.123. The maximum absolute atomic E-state index is 13.5. The van der Waals surface area contributed by atoms with Crippen molar-refractivity contribution in [2.45, 2.75) is 44.9 Å². The van der Waals surface area contributed by atoms with Crippen LogP contribution in [0.4, 0.5) is 15.2 Å². The molecule has 2 aromatic rings. The normalized spacial score (nSPS) is 24.7. The van der Waals surface area contributed by atoms with Gasteiger partial charge in [0.25, 0.3) is 0 Å². The summed E-state index contributed by atoms with van der Waals surface area (Å²) in [4.78, 5) is 31.6. The van der Waals surface area contributed by atoms with Gasteiger partial charge in [0.05, 0.1) is 23.8 Å². The fraction of sp³-hybridized carbons (Fsp3) is 0.450. The van der Waals surface area contributed by atoms with Crippen LogP contribution in [0.15, 0.2) is 23.6 Å². The number of nitrogens with one attached hydrogen (secondary N) is 2. The van der Waals surface area contributed by atoms with E-state index in [0.29, 0.717) is 22.9 Å². The predicted molar refractivity (Wildman–Crippen MR) is 108 cm³/mol. The number of thiazole rings is 1. The first kappa shape index (κ1) is 19.9. The smallest absolute Gasteiger partial charge is 0.234 e. The van der Waals surface area contributed by atoms with E-state index in [2.05, 4.69) is 34.4 Å². The van der Waals surface area contributed by atoms with E-state index in [1.165, 1.54) is 23.5 Å². The summed E-state index contributed by atoms with van der Waals surface area (Å²) < 4.78 is 19.2. The number of carbonyl (C=O) groups is 2. The first-order valence-electron chi connectivity index (χ1n) is 9.59. The van der Waals surface area contributed by atoms with E-state index in [1.807, 2.05) is 5.38 Å². The van der Waals surface area contributed by atoms with Gasteiger partial charge in [-0.05, 0) is 31.5 Å². The van der Waals surface area contributed by atoms with Gasteiger partial charge in [0, 0.05) is 37.1 Å². The predicted octanol–water partition coefficient (Wildman–Crippen LogP) is 2.96. The van der Waals surface area contributed by atoms with Crippen molar-refractivity contribution in [3.05, 3.63) is 40.7 Å². The highest BCUT2D eigenvalue weighted by molar-refractivity contribution is 7.13. The monoisotopic (exact) mass is 418 g/mol. The molecule has 29 heavy (non-hydrogen) atoms. The molecule has 1 saturated heterocycles. The number of rotatable bonds is 4. The molecule has 1 aromatic carbocycles. The number of hydrogen-bond donors (Lipinski definition) is 2. The molecule has 0 unspecified atom stereocenters. The van der Waals surface area contributed by atoms with Crippen molar-refractivity contribution in [2.24, 2.45) is 0 Å². The van der Waals surface area contributed by atoms with Crippen molar-refractivity contribution in [2.75, 3.05) is 23.7 Å². The number of carbonyl (C=O) groups excluding carboxylic acids is 2. The third kappa shape index (κ3) is 4.63. The van der Waals surface area contributed by atoms with E-state index in [9.17, 15) is 14.0 Å². The number of fused-ring (bicyclic) bond motifs is 1. The summed E-state index contributed by atoms with van der Waals surface area (Å²) in [6.07, 6.45) is 0.379. The van der Waals surface area contributed by atoms with Gasteiger partial charge >= 0.3 is 0 Å². The number of hydrogen-bond acceptors (Lipinski definition) is 6. The molecule has 4 rings (SSSR count). The average Bonchev–Trinajstić information content (AvgIpc) is 3.06. The molecule has 154 valence electrons. The van der Waals surface area contributed by atoms with Gasteiger partial charge in [0.2, 0.25) is 11.8 Å². The quantitative estimate of drug-likeness (QED) is 0.798. The first-order chi connectivity index (χ1) is 13.9. The molecule has 2 aliphatic heterocycles. The number of morpholine rings is 1. The summed E-state index contributed by atoms with van der Waals surface area (Å²) in [6, 6.07) is 4.07. The molecule has 0 radical (unpaired) electrons. The Bertz CT molecular complexity index is 924. The number of aromatic nitrogens is 1. The third-order valence-electron chi connectivity index (χ3n) is 5.03. The van der Waals surface area contributed by atoms with Gasteiger partial charge in [-0.2, -0.15) is 0 Å². The Labute approximate surface area is 172 Å². The lowest BCUT2D eigenvalue weighted by Gasteiger charge is -2.34. The number of anilines is 2. The van der Waals surface area contributed by atoms with Crippen LogP contribution in [-0.2, 0) is 20.9 Å². The summed E-state index contributed by atoms with van der Waals surface area (Å²) in [5, 5.41) is 7.86. The molecule has 1 aromatic heterocycles. The fourth-order valence-corrected chi connectivity index (χ4v) is 4.65. The van der Waals surface area contributed by atoms with E-state index >= 15 is 0 Å². The Balaban J connectivity index is 1.43.